The quantitative estimate of drug-likeness (QED) is 0.403. The Morgan fingerprint density at radius 1 is 1.35 bits per heavy atom. The Hall–Kier alpha value is -2.30. The maximum absolute atomic E-state index is 11.9. The molecule has 0 unspecified atom stereocenters. The third-order valence-electron chi connectivity index (χ3n) is 3.51. The van der Waals surface area contributed by atoms with Crippen molar-refractivity contribution >= 4 is 22.9 Å². The molecule has 0 aliphatic carbocycles. The van der Waals surface area contributed by atoms with Gasteiger partial charge >= 0.3 is 5.63 Å². The Balaban J connectivity index is 2.66. The van der Waals surface area contributed by atoms with Crippen molar-refractivity contribution in [1.82, 2.24) is 0 Å². The lowest BCUT2D eigenvalue weighted by atomic mass is 10.1. The maximum Gasteiger partial charge on any atom is 0.345 e. The topological polar surface area (TPSA) is 66.0 Å². The first-order valence-electron chi connectivity index (χ1n) is 6.62. The summed E-state index contributed by atoms with van der Waals surface area (Å²) in [4.78, 5) is 14.1. The summed E-state index contributed by atoms with van der Waals surface area (Å²) < 4.78 is 5.32. The van der Waals surface area contributed by atoms with Crippen molar-refractivity contribution in [3.63, 3.8) is 0 Å². The van der Waals surface area contributed by atoms with Crippen LogP contribution in [0.5, 0.6) is 0 Å². The van der Waals surface area contributed by atoms with Gasteiger partial charge in [0.2, 0.25) is 0 Å². The molecular weight excluding hydrogens is 256 g/mol. The molecule has 0 spiro atoms. The standard InChI is InChI=1S/C15H18N2O3/c1-4-17(5-2)11-6-7-12-10(3)13(9-16-19)15(18)20-14(12)8-11/h6-9,19H,4-5H2,1-3H3/b16-9-. The van der Waals surface area contributed by atoms with Crippen LogP contribution in [0.15, 0.2) is 32.6 Å². The Morgan fingerprint density at radius 3 is 2.65 bits per heavy atom. The fraction of sp³-hybridized carbons (Fsp3) is 0.333. The van der Waals surface area contributed by atoms with Crippen LogP contribution in [-0.4, -0.2) is 24.5 Å². The van der Waals surface area contributed by atoms with Crippen LogP contribution in [0, 0.1) is 6.92 Å². The summed E-state index contributed by atoms with van der Waals surface area (Å²) in [7, 11) is 0. The highest BCUT2D eigenvalue weighted by molar-refractivity contribution is 5.91. The molecule has 20 heavy (non-hydrogen) atoms. The van der Waals surface area contributed by atoms with Gasteiger partial charge in [0.05, 0.1) is 11.8 Å². The van der Waals surface area contributed by atoms with Crippen LogP contribution in [0.1, 0.15) is 25.0 Å². The van der Waals surface area contributed by atoms with Gasteiger partial charge < -0.3 is 14.5 Å². The highest BCUT2D eigenvalue weighted by Crippen LogP contribution is 2.24. The summed E-state index contributed by atoms with van der Waals surface area (Å²) in [6.07, 6.45) is 1.11. The lowest BCUT2D eigenvalue weighted by Gasteiger charge is -2.21. The molecule has 106 valence electrons. The number of nitrogens with zero attached hydrogens (tertiary/aromatic N) is 2. The van der Waals surface area contributed by atoms with E-state index in [2.05, 4.69) is 23.9 Å². The van der Waals surface area contributed by atoms with E-state index in [1.807, 2.05) is 25.1 Å². The Kier molecular flexibility index (Phi) is 4.08. The molecule has 0 atom stereocenters. The number of fused-ring (bicyclic) bond motifs is 1. The van der Waals surface area contributed by atoms with Crippen LogP contribution in [0.2, 0.25) is 0 Å². The number of anilines is 1. The SMILES string of the molecule is CCN(CC)c1ccc2c(C)c(/C=N\O)c(=O)oc2c1. The molecule has 5 heteroatoms. The maximum atomic E-state index is 11.9. The normalized spacial score (nSPS) is 11.3. The Labute approximate surface area is 117 Å². The molecule has 1 N–H and O–H groups in total. The smallest absolute Gasteiger partial charge is 0.345 e. The fourth-order valence-electron chi connectivity index (χ4n) is 2.35. The summed E-state index contributed by atoms with van der Waals surface area (Å²) in [5, 5.41) is 12.4. The predicted molar refractivity (Wildman–Crippen MR) is 80.2 cm³/mol. The second kappa shape index (κ2) is 5.77. The number of oxime groups is 1. The summed E-state index contributed by atoms with van der Waals surface area (Å²) in [5.41, 5.74) is 2.10. The molecule has 0 amide bonds. The first-order chi connectivity index (χ1) is 9.62. The van der Waals surface area contributed by atoms with Crippen LogP contribution in [-0.2, 0) is 0 Å². The van der Waals surface area contributed by atoms with Gasteiger partial charge in [0.15, 0.2) is 0 Å². The van der Waals surface area contributed by atoms with Crippen LogP contribution in [0.3, 0.4) is 0 Å². The molecule has 1 aromatic carbocycles. The lowest BCUT2D eigenvalue weighted by Crippen LogP contribution is -2.21. The molecule has 2 rings (SSSR count). The van der Waals surface area contributed by atoms with E-state index in [0.29, 0.717) is 5.58 Å². The van der Waals surface area contributed by atoms with Gasteiger partial charge in [-0.25, -0.2) is 4.79 Å². The summed E-state index contributed by atoms with van der Waals surface area (Å²) in [5.74, 6) is 0. The van der Waals surface area contributed by atoms with E-state index in [1.54, 1.807) is 0 Å². The number of aryl methyl sites for hydroxylation is 1. The number of benzene rings is 1. The van der Waals surface area contributed by atoms with E-state index in [4.69, 9.17) is 9.62 Å². The predicted octanol–water partition coefficient (Wildman–Crippen LogP) is 2.76. The fourth-order valence-corrected chi connectivity index (χ4v) is 2.35. The third-order valence-corrected chi connectivity index (χ3v) is 3.51. The monoisotopic (exact) mass is 274 g/mol. The lowest BCUT2D eigenvalue weighted by molar-refractivity contribution is 0.321. The first-order valence-corrected chi connectivity index (χ1v) is 6.62. The Bertz CT molecular complexity index is 700. The minimum Gasteiger partial charge on any atom is -0.422 e. The zero-order valence-corrected chi connectivity index (χ0v) is 11.9. The van der Waals surface area contributed by atoms with Gasteiger partial charge in [0, 0.05) is 30.2 Å². The van der Waals surface area contributed by atoms with Crippen LogP contribution in [0.25, 0.3) is 11.0 Å². The minimum absolute atomic E-state index is 0.274. The van der Waals surface area contributed by atoms with Gasteiger partial charge in [0.1, 0.15) is 5.58 Å². The van der Waals surface area contributed by atoms with Gasteiger partial charge in [-0.15, -0.1) is 0 Å². The zero-order valence-electron chi connectivity index (χ0n) is 11.9. The van der Waals surface area contributed by atoms with E-state index >= 15 is 0 Å². The van der Waals surface area contributed by atoms with E-state index in [-0.39, 0.29) is 5.56 Å². The van der Waals surface area contributed by atoms with Crippen molar-refractivity contribution in [2.24, 2.45) is 5.16 Å². The van der Waals surface area contributed by atoms with Gasteiger partial charge in [-0.3, -0.25) is 0 Å². The number of hydrogen-bond acceptors (Lipinski definition) is 5. The molecule has 0 radical (unpaired) electrons. The minimum atomic E-state index is -0.496. The van der Waals surface area contributed by atoms with Crippen LogP contribution in [0.4, 0.5) is 5.69 Å². The van der Waals surface area contributed by atoms with Crippen LogP contribution >= 0.6 is 0 Å². The van der Waals surface area contributed by atoms with E-state index in [0.717, 1.165) is 35.9 Å². The summed E-state index contributed by atoms with van der Waals surface area (Å²) in [6, 6.07) is 5.80. The molecule has 0 saturated carbocycles. The number of hydrogen-bond donors (Lipinski definition) is 1. The molecule has 0 bridgehead atoms. The van der Waals surface area contributed by atoms with Gasteiger partial charge in [0.25, 0.3) is 0 Å². The summed E-state index contributed by atoms with van der Waals surface area (Å²) >= 11 is 0. The molecule has 2 aromatic rings. The van der Waals surface area contributed by atoms with E-state index in [1.165, 1.54) is 0 Å². The van der Waals surface area contributed by atoms with Crippen molar-refractivity contribution in [2.75, 3.05) is 18.0 Å². The van der Waals surface area contributed by atoms with Gasteiger partial charge in [-0.05, 0) is 38.5 Å². The zero-order chi connectivity index (χ0) is 14.7. The molecular formula is C15H18N2O3. The molecule has 1 aromatic heterocycles. The van der Waals surface area contributed by atoms with Crippen LogP contribution < -0.4 is 10.5 Å². The van der Waals surface area contributed by atoms with Crippen molar-refractivity contribution in [2.45, 2.75) is 20.8 Å². The highest BCUT2D eigenvalue weighted by atomic mass is 16.4. The Morgan fingerprint density at radius 2 is 2.05 bits per heavy atom. The van der Waals surface area contributed by atoms with E-state index in [9.17, 15) is 4.79 Å². The van der Waals surface area contributed by atoms with Crippen molar-refractivity contribution in [1.29, 1.82) is 0 Å². The first kappa shape index (κ1) is 14.1. The summed E-state index contributed by atoms with van der Waals surface area (Å²) in [6.45, 7) is 7.75. The van der Waals surface area contributed by atoms with Crippen molar-refractivity contribution in [3.05, 3.63) is 39.7 Å². The van der Waals surface area contributed by atoms with Gasteiger partial charge in [-0.1, -0.05) is 5.16 Å². The second-order valence-corrected chi connectivity index (χ2v) is 4.53. The molecule has 0 saturated heterocycles. The third kappa shape index (κ3) is 2.39. The molecule has 0 fully saturated rings. The number of rotatable bonds is 4. The van der Waals surface area contributed by atoms with Crippen molar-refractivity contribution < 1.29 is 9.62 Å². The van der Waals surface area contributed by atoms with Gasteiger partial charge in [-0.2, -0.15) is 0 Å². The average Bonchev–Trinajstić information content (AvgIpc) is 2.44. The van der Waals surface area contributed by atoms with E-state index < -0.39 is 5.63 Å². The second-order valence-electron chi connectivity index (χ2n) is 4.53. The average molecular weight is 274 g/mol. The molecule has 1 heterocycles. The molecule has 5 nitrogen and oxygen atoms in total. The highest BCUT2D eigenvalue weighted by Gasteiger charge is 2.11. The largest absolute Gasteiger partial charge is 0.422 e. The molecule has 0 aliphatic rings. The van der Waals surface area contributed by atoms with Crippen molar-refractivity contribution in [3.8, 4) is 0 Å². The molecule has 0 aliphatic heterocycles.